The molecule has 1 aromatic carbocycles. The van der Waals surface area contributed by atoms with Crippen LogP contribution in [0.25, 0.3) is 0 Å². The van der Waals surface area contributed by atoms with Crippen LogP contribution >= 0.6 is 0 Å². The van der Waals surface area contributed by atoms with Crippen LogP contribution in [0, 0.1) is 0 Å². The summed E-state index contributed by atoms with van der Waals surface area (Å²) in [4.78, 5) is 36.6. The third-order valence-corrected chi connectivity index (χ3v) is 4.27. The summed E-state index contributed by atoms with van der Waals surface area (Å²) in [6, 6.07) is 4.65. The van der Waals surface area contributed by atoms with Gasteiger partial charge in [0.15, 0.2) is 6.10 Å². The van der Waals surface area contributed by atoms with Crippen molar-refractivity contribution in [2.75, 3.05) is 18.1 Å². The topological polar surface area (TPSA) is 95.9 Å². The minimum Gasteiger partial charge on any atom is -0.479 e. The van der Waals surface area contributed by atoms with Crippen molar-refractivity contribution < 1.29 is 24.2 Å². The minimum atomic E-state index is -1.07. The van der Waals surface area contributed by atoms with Crippen molar-refractivity contribution in [2.45, 2.75) is 31.9 Å². The van der Waals surface area contributed by atoms with Gasteiger partial charge in [-0.25, -0.2) is 4.79 Å². The van der Waals surface area contributed by atoms with Crippen molar-refractivity contribution in [3.63, 3.8) is 0 Å². The standard InChI is InChI=1S/C16H18N2O5/c1-9(19)18-6-4-10-8-11(2-3-13(10)18)15(20)17-12-5-7-23-14(12)16(21)22/h2-3,8,12,14H,4-7H2,1H3,(H,17,20)(H,21,22)/t12-,14+/m1/s1. The lowest BCUT2D eigenvalue weighted by atomic mass is 10.1. The molecule has 1 saturated heterocycles. The lowest BCUT2D eigenvalue weighted by Crippen LogP contribution is -2.44. The molecule has 1 fully saturated rings. The number of ether oxygens (including phenoxy) is 1. The summed E-state index contributed by atoms with van der Waals surface area (Å²) in [6.07, 6.45) is 0.188. The van der Waals surface area contributed by atoms with Gasteiger partial charge in [0.1, 0.15) is 0 Å². The Morgan fingerprint density at radius 1 is 1.35 bits per heavy atom. The normalized spacial score (nSPS) is 22.7. The average Bonchev–Trinajstić information content (AvgIpc) is 3.12. The number of carbonyl (C=O) groups is 3. The van der Waals surface area contributed by atoms with E-state index in [4.69, 9.17) is 9.84 Å². The Hall–Kier alpha value is -2.41. The molecule has 0 bridgehead atoms. The summed E-state index contributed by atoms with van der Waals surface area (Å²) in [6.45, 7) is 2.45. The molecule has 0 aromatic heterocycles. The molecule has 2 atom stereocenters. The second kappa shape index (κ2) is 6.00. The van der Waals surface area contributed by atoms with Crippen molar-refractivity contribution in [3.05, 3.63) is 29.3 Å². The van der Waals surface area contributed by atoms with Gasteiger partial charge >= 0.3 is 5.97 Å². The van der Waals surface area contributed by atoms with E-state index < -0.39 is 18.1 Å². The monoisotopic (exact) mass is 318 g/mol. The SMILES string of the molecule is CC(=O)N1CCc2cc(C(=O)N[C@@H]3CCO[C@@H]3C(=O)O)ccc21. The molecule has 0 aliphatic carbocycles. The van der Waals surface area contributed by atoms with E-state index in [-0.39, 0.29) is 11.8 Å². The van der Waals surface area contributed by atoms with Gasteiger partial charge in [-0.3, -0.25) is 9.59 Å². The number of hydrogen-bond donors (Lipinski definition) is 2. The van der Waals surface area contributed by atoms with Crippen molar-refractivity contribution >= 4 is 23.5 Å². The highest BCUT2D eigenvalue weighted by Crippen LogP contribution is 2.29. The smallest absolute Gasteiger partial charge is 0.334 e. The Bertz CT molecular complexity index is 672. The largest absolute Gasteiger partial charge is 0.479 e. The highest BCUT2D eigenvalue weighted by molar-refractivity contribution is 5.98. The van der Waals surface area contributed by atoms with E-state index in [2.05, 4.69) is 5.32 Å². The number of fused-ring (bicyclic) bond motifs is 1. The summed E-state index contributed by atoms with van der Waals surface area (Å²) in [7, 11) is 0. The minimum absolute atomic E-state index is 0.0200. The van der Waals surface area contributed by atoms with Gasteiger partial charge in [0.05, 0.1) is 6.04 Å². The molecule has 0 radical (unpaired) electrons. The second-order valence-electron chi connectivity index (χ2n) is 5.76. The predicted octanol–water partition coefficient (Wildman–Crippen LogP) is 0.568. The molecule has 1 aromatic rings. The van der Waals surface area contributed by atoms with E-state index in [1.807, 2.05) is 0 Å². The number of nitrogens with zero attached hydrogens (tertiary/aromatic N) is 1. The lowest BCUT2D eigenvalue weighted by molar-refractivity contribution is -0.148. The fourth-order valence-electron chi connectivity index (χ4n) is 3.10. The highest BCUT2D eigenvalue weighted by atomic mass is 16.5. The van der Waals surface area contributed by atoms with Crippen LogP contribution in [-0.2, 0) is 20.7 Å². The van der Waals surface area contributed by atoms with E-state index >= 15 is 0 Å². The van der Waals surface area contributed by atoms with Gasteiger partial charge in [-0.1, -0.05) is 0 Å². The van der Waals surface area contributed by atoms with E-state index in [1.165, 1.54) is 6.92 Å². The second-order valence-corrected chi connectivity index (χ2v) is 5.76. The number of rotatable bonds is 3. The molecule has 2 aliphatic rings. The summed E-state index contributed by atoms with van der Waals surface area (Å²) < 4.78 is 5.12. The Morgan fingerprint density at radius 2 is 2.13 bits per heavy atom. The van der Waals surface area contributed by atoms with E-state index in [9.17, 15) is 14.4 Å². The Kier molecular flexibility index (Phi) is 4.04. The fraction of sp³-hybridized carbons (Fsp3) is 0.438. The quantitative estimate of drug-likeness (QED) is 0.849. The van der Waals surface area contributed by atoms with Crippen molar-refractivity contribution in [1.29, 1.82) is 0 Å². The first-order valence-corrected chi connectivity index (χ1v) is 7.53. The van der Waals surface area contributed by atoms with E-state index in [0.717, 1.165) is 11.3 Å². The van der Waals surface area contributed by atoms with Crippen LogP contribution in [0.1, 0.15) is 29.3 Å². The van der Waals surface area contributed by atoms with Gasteiger partial charge in [-0.2, -0.15) is 0 Å². The molecule has 2 amide bonds. The Labute approximate surface area is 133 Å². The Balaban J connectivity index is 1.74. The number of nitrogens with one attached hydrogen (secondary N) is 1. The maximum Gasteiger partial charge on any atom is 0.334 e. The molecule has 0 saturated carbocycles. The van der Waals surface area contributed by atoms with Gasteiger partial charge in [0, 0.05) is 31.3 Å². The first-order chi connectivity index (χ1) is 11.0. The first kappa shape index (κ1) is 15.5. The number of carboxylic acid groups (broad SMARTS) is 1. The summed E-state index contributed by atoms with van der Waals surface area (Å²) in [5.41, 5.74) is 2.25. The number of carboxylic acids is 1. The number of amides is 2. The molecule has 122 valence electrons. The summed E-state index contributed by atoms with van der Waals surface area (Å²) in [5.74, 6) is -1.41. The predicted molar refractivity (Wildman–Crippen MR) is 81.4 cm³/mol. The van der Waals surface area contributed by atoms with Crippen LogP contribution in [0.3, 0.4) is 0 Å². The molecule has 3 rings (SSSR count). The molecule has 7 heteroatoms. The average molecular weight is 318 g/mol. The third kappa shape index (κ3) is 2.92. The maximum atomic E-state index is 12.3. The molecular weight excluding hydrogens is 300 g/mol. The van der Waals surface area contributed by atoms with Crippen LogP contribution in [0.15, 0.2) is 18.2 Å². The number of anilines is 1. The number of hydrogen-bond acceptors (Lipinski definition) is 4. The van der Waals surface area contributed by atoms with Gasteiger partial charge in [0.2, 0.25) is 5.91 Å². The number of aliphatic carboxylic acids is 1. The van der Waals surface area contributed by atoms with E-state index in [0.29, 0.717) is 31.6 Å². The molecule has 0 spiro atoms. The maximum absolute atomic E-state index is 12.3. The van der Waals surface area contributed by atoms with Gasteiger partial charge in [-0.15, -0.1) is 0 Å². The summed E-state index contributed by atoms with van der Waals surface area (Å²) >= 11 is 0. The Morgan fingerprint density at radius 3 is 2.83 bits per heavy atom. The fourth-order valence-corrected chi connectivity index (χ4v) is 3.10. The van der Waals surface area contributed by atoms with Crippen molar-refractivity contribution in [3.8, 4) is 0 Å². The summed E-state index contributed by atoms with van der Waals surface area (Å²) in [5, 5.41) is 11.8. The molecule has 0 unspecified atom stereocenters. The molecule has 2 N–H and O–H groups in total. The first-order valence-electron chi connectivity index (χ1n) is 7.53. The van der Waals surface area contributed by atoms with Crippen LogP contribution in [0.2, 0.25) is 0 Å². The zero-order valence-electron chi connectivity index (χ0n) is 12.7. The zero-order valence-corrected chi connectivity index (χ0v) is 12.7. The van der Waals surface area contributed by atoms with Crippen LogP contribution in [-0.4, -0.2) is 48.2 Å². The van der Waals surface area contributed by atoms with Crippen molar-refractivity contribution in [2.24, 2.45) is 0 Å². The third-order valence-electron chi connectivity index (χ3n) is 4.27. The van der Waals surface area contributed by atoms with Gasteiger partial charge in [-0.05, 0) is 36.6 Å². The molecule has 2 aliphatic heterocycles. The van der Waals surface area contributed by atoms with Gasteiger partial charge < -0.3 is 20.1 Å². The van der Waals surface area contributed by atoms with Crippen LogP contribution < -0.4 is 10.2 Å². The lowest BCUT2D eigenvalue weighted by Gasteiger charge is -2.17. The van der Waals surface area contributed by atoms with Gasteiger partial charge in [0.25, 0.3) is 5.91 Å². The van der Waals surface area contributed by atoms with Crippen molar-refractivity contribution in [1.82, 2.24) is 5.32 Å². The highest BCUT2D eigenvalue weighted by Gasteiger charge is 2.35. The zero-order chi connectivity index (χ0) is 16.6. The molecular formula is C16H18N2O5. The number of carbonyl (C=O) groups excluding carboxylic acids is 2. The molecule has 2 heterocycles. The molecule has 7 nitrogen and oxygen atoms in total. The van der Waals surface area contributed by atoms with Crippen LogP contribution in [0.4, 0.5) is 5.69 Å². The number of benzene rings is 1. The molecule has 23 heavy (non-hydrogen) atoms. The van der Waals surface area contributed by atoms with Crippen LogP contribution in [0.5, 0.6) is 0 Å². The van der Waals surface area contributed by atoms with E-state index in [1.54, 1.807) is 23.1 Å².